The second-order valence-corrected chi connectivity index (χ2v) is 10.3. The van der Waals surface area contributed by atoms with Crippen LogP contribution < -0.4 is 4.74 Å². The molecular weight excluding hydrogens is 532 g/mol. The molecule has 0 saturated carbocycles. The second-order valence-electron chi connectivity index (χ2n) is 6.50. The van der Waals surface area contributed by atoms with Gasteiger partial charge in [-0.25, -0.2) is 8.42 Å². The van der Waals surface area contributed by atoms with Gasteiger partial charge in [0.05, 0.1) is 12.9 Å². The zero-order valence-corrected chi connectivity index (χ0v) is 20.0. The van der Waals surface area contributed by atoms with E-state index in [-0.39, 0.29) is 10.7 Å². The molecule has 0 aliphatic carbocycles. The Morgan fingerprint density at radius 3 is 1.93 bits per heavy atom. The fourth-order valence-electron chi connectivity index (χ4n) is 2.77. The lowest BCUT2D eigenvalue weighted by molar-refractivity contribution is 0.104. The predicted octanol–water partition coefficient (Wildman–Crippen LogP) is 6.06. The molecule has 3 aromatic carbocycles. The van der Waals surface area contributed by atoms with Gasteiger partial charge in [0.15, 0.2) is 9.84 Å². The van der Waals surface area contributed by atoms with Crippen LogP contribution in [0.3, 0.4) is 0 Å². The Morgan fingerprint density at radius 1 is 0.867 bits per heavy atom. The van der Waals surface area contributed by atoms with Crippen molar-refractivity contribution in [3.63, 3.8) is 0 Å². The van der Waals surface area contributed by atoms with Crippen LogP contribution in [0.4, 0.5) is 0 Å². The maximum absolute atomic E-state index is 13.3. The van der Waals surface area contributed by atoms with Crippen molar-refractivity contribution in [2.24, 2.45) is 0 Å². The summed E-state index contributed by atoms with van der Waals surface area (Å²) in [6.45, 7) is 0. The molecule has 0 N–H and O–H groups in total. The minimum atomic E-state index is -3.91. The highest BCUT2D eigenvalue weighted by atomic mass is 79.9. The molecule has 0 saturated heterocycles. The number of hydrogen-bond acceptors (Lipinski definition) is 4. The molecule has 154 valence electrons. The number of methoxy groups -OCH3 is 1. The lowest BCUT2D eigenvalue weighted by atomic mass is 10.1. The van der Waals surface area contributed by atoms with Gasteiger partial charge in [0.2, 0.25) is 5.78 Å². The van der Waals surface area contributed by atoms with E-state index >= 15 is 0 Å². The van der Waals surface area contributed by atoms with Crippen molar-refractivity contribution in [3.05, 3.63) is 103 Å². The average molecular weight is 550 g/mol. The molecular formula is C23H18Br2O4S. The number of allylic oxidation sites excluding steroid dienone is 1. The summed E-state index contributed by atoms with van der Waals surface area (Å²) in [5.41, 5.74) is 1.50. The summed E-state index contributed by atoms with van der Waals surface area (Å²) in [6.07, 6.45) is 1.43. The molecule has 0 spiro atoms. The Labute approximate surface area is 192 Å². The molecule has 0 fully saturated rings. The maximum Gasteiger partial charge on any atom is 0.204 e. The number of hydrogen-bond donors (Lipinski definition) is 0. The molecule has 0 unspecified atom stereocenters. The molecule has 30 heavy (non-hydrogen) atoms. The summed E-state index contributed by atoms with van der Waals surface area (Å²) in [7, 11) is -2.37. The predicted molar refractivity (Wildman–Crippen MR) is 126 cm³/mol. The highest BCUT2D eigenvalue weighted by molar-refractivity contribution is 9.10. The number of halogens is 2. The minimum absolute atomic E-state index is 0.247. The van der Waals surface area contributed by atoms with Gasteiger partial charge in [0.1, 0.15) is 10.7 Å². The quantitative estimate of drug-likeness (QED) is 0.265. The summed E-state index contributed by atoms with van der Waals surface area (Å²) in [5, 5.41) is 0. The Hall–Kier alpha value is -2.22. The zero-order chi connectivity index (χ0) is 21.7. The summed E-state index contributed by atoms with van der Waals surface area (Å²) in [5.74, 6) is -0.201. The molecule has 0 aliphatic rings. The van der Waals surface area contributed by atoms with E-state index in [2.05, 4.69) is 31.9 Å². The first kappa shape index (κ1) is 22.5. The number of carbonyl (C=O) groups excluding carboxylic acids is 1. The monoisotopic (exact) mass is 548 g/mol. The number of Topliss-reactive ketones (excluding diaryl/α,β-unsaturated/α-hetero) is 1. The van der Waals surface area contributed by atoms with Gasteiger partial charge in [0.25, 0.3) is 0 Å². The largest absolute Gasteiger partial charge is 0.497 e. The van der Waals surface area contributed by atoms with E-state index in [1.165, 1.54) is 6.08 Å². The maximum atomic E-state index is 13.3. The second kappa shape index (κ2) is 9.73. The normalized spacial score (nSPS) is 11.9. The Balaban J connectivity index is 2.03. The van der Waals surface area contributed by atoms with E-state index < -0.39 is 15.6 Å². The molecule has 0 aliphatic heterocycles. The highest BCUT2D eigenvalue weighted by Gasteiger charge is 2.26. The van der Waals surface area contributed by atoms with Crippen LogP contribution in [0, 0.1) is 0 Å². The third-order valence-corrected chi connectivity index (χ3v) is 7.09. The topological polar surface area (TPSA) is 60.4 Å². The van der Waals surface area contributed by atoms with Crippen LogP contribution >= 0.6 is 31.9 Å². The fraction of sp³-hybridized carbons (Fsp3) is 0.0870. The van der Waals surface area contributed by atoms with Crippen LogP contribution in [0.2, 0.25) is 0 Å². The van der Waals surface area contributed by atoms with E-state index in [0.29, 0.717) is 22.4 Å². The number of benzene rings is 3. The molecule has 3 aromatic rings. The lowest BCUT2D eigenvalue weighted by Gasteiger charge is -2.10. The van der Waals surface area contributed by atoms with Gasteiger partial charge in [-0.05, 0) is 65.7 Å². The van der Waals surface area contributed by atoms with E-state index in [1.54, 1.807) is 79.9 Å². The van der Waals surface area contributed by atoms with Gasteiger partial charge in [-0.1, -0.05) is 56.1 Å². The Bertz CT molecular complexity index is 1170. The van der Waals surface area contributed by atoms with Crippen LogP contribution in [-0.2, 0) is 15.6 Å². The standard InChI is InChI=1S/C23H18Br2O4S/c1-29-21-12-4-17(5-13-21)15-30(27,28)22(14-16-2-8-19(24)9-3-16)23(26)18-6-10-20(25)11-7-18/h2-14H,15H2,1H3. The molecule has 0 amide bonds. The van der Waals surface area contributed by atoms with Gasteiger partial charge in [0, 0.05) is 14.5 Å². The summed E-state index contributed by atoms with van der Waals surface area (Å²) >= 11 is 6.69. The number of ether oxygens (including phenoxy) is 1. The lowest BCUT2D eigenvalue weighted by Crippen LogP contribution is -2.16. The average Bonchev–Trinajstić information content (AvgIpc) is 2.73. The Kier molecular flexibility index (Phi) is 7.28. The SMILES string of the molecule is COc1ccc(CS(=O)(=O)C(=Cc2ccc(Br)cc2)C(=O)c2ccc(Br)cc2)cc1. The molecule has 0 atom stereocenters. The minimum Gasteiger partial charge on any atom is -0.497 e. The fourth-order valence-corrected chi connectivity index (χ4v) is 4.80. The molecule has 3 rings (SSSR count). The van der Waals surface area contributed by atoms with Gasteiger partial charge >= 0.3 is 0 Å². The first-order valence-corrected chi connectivity index (χ1v) is 12.2. The Morgan fingerprint density at radius 2 is 1.40 bits per heavy atom. The molecule has 0 radical (unpaired) electrons. The molecule has 4 nitrogen and oxygen atoms in total. The van der Waals surface area contributed by atoms with E-state index in [9.17, 15) is 13.2 Å². The number of rotatable bonds is 7. The highest BCUT2D eigenvalue weighted by Crippen LogP contribution is 2.24. The molecule has 7 heteroatoms. The number of ketones is 1. The van der Waals surface area contributed by atoms with Crippen LogP contribution in [-0.4, -0.2) is 21.3 Å². The third-order valence-electron chi connectivity index (χ3n) is 4.35. The van der Waals surface area contributed by atoms with Gasteiger partial charge < -0.3 is 4.74 Å². The van der Waals surface area contributed by atoms with Crippen molar-refractivity contribution in [1.82, 2.24) is 0 Å². The van der Waals surface area contributed by atoms with Crippen molar-refractivity contribution < 1.29 is 17.9 Å². The van der Waals surface area contributed by atoms with Crippen LogP contribution in [0.25, 0.3) is 6.08 Å². The van der Waals surface area contributed by atoms with Crippen LogP contribution in [0.1, 0.15) is 21.5 Å². The van der Waals surface area contributed by atoms with Crippen molar-refractivity contribution in [1.29, 1.82) is 0 Å². The smallest absolute Gasteiger partial charge is 0.204 e. The van der Waals surface area contributed by atoms with Gasteiger partial charge in [-0.2, -0.15) is 0 Å². The summed E-state index contributed by atoms with van der Waals surface area (Å²) in [6, 6.07) is 20.5. The van der Waals surface area contributed by atoms with Crippen LogP contribution in [0.15, 0.2) is 86.6 Å². The number of sulfone groups is 1. The van der Waals surface area contributed by atoms with Gasteiger partial charge in [-0.3, -0.25) is 4.79 Å². The zero-order valence-electron chi connectivity index (χ0n) is 16.0. The third kappa shape index (κ3) is 5.68. The molecule has 0 bridgehead atoms. The van der Waals surface area contributed by atoms with E-state index in [1.807, 2.05) is 0 Å². The van der Waals surface area contributed by atoms with E-state index in [0.717, 1.165) is 8.95 Å². The van der Waals surface area contributed by atoms with E-state index in [4.69, 9.17) is 4.74 Å². The first-order chi connectivity index (χ1) is 14.3. The molecule has 0 heterocycles. The van der Waals surface area contributed by atoms with Crippen molar-refractivity contribution >= 4 is 53.6 Å². The summed E-state index contributed by atoms with van der Waals surface area (Å²) in [4.78, 5) is 12.9. The van der Waals surface area contributed by atoms with Gasteiger partial charge in [-0.15, -0.1) is 0 Å². The molecule has 0 aromatic heterocycles. The number of carbonyl (C=O) groups is 1. The summed E-state index contributed by atoms with van der Waals surface area (Å²) < 4.78 is 33.3. The van der Waals surface area contributed by atoms with Crippen molar-refractivity contribution in [2.45, 2.75) is 5.75 Å². The van der Waals surface area contributed by atoms with Crippen LogP contribution in [0.5, 0.6) is 5.75 Å². The van der Waals surface area contributed by atoms with Crippen molar-refractivity contribution in [3.8, 4) is 5.75 Å². The van der Waals surface area contributed by atoms with Crippen molar-refractivity contribution in [2.75, 3.05) is 7.11 Å². The first-order valence-electron chi connectivity index (χ1n) is 8.92.